The molecule has 0 fully saturated rings. The van der Waals surface area contributed by atoms with Crippen molar-refractivity contribution in [3.05, 3.63) is 70.8 Å². The number of carbonyl (C=O) groups is 3. The molecule has 0 aliphatic carbocycles. The summed E-state index contributed by atoms with van der Waals surface area (Å²) in [5, 5.41) is 0. The van der Waals surface area contributed by atoms with E-state index < -0.39 is 0 Å². The predicted molar refractivity (Wildman–Crippen MR) is 91.2 cm³/mol. The Morgan fingerprint density at radius 1 is 0.875 bits per heavy atom. The molecule has 3 rings (SSSR count). The highest BCUT2D eigenvalue weighted by atomic mass is 16.2. The summed E-state index contributed by atoms with van der Waals surface area (Å²) >= 11 is 0. The molecule has 2 aromatic carbocycles. The van der Waals surface area contributed by atoms with Gasteiger partial charge in [-0.25, -0.2) is 0 Å². The molecule has 0 aromatic heterocycles. The molecule has 1 aliphatic rings. The minimum Gasteiger partial charge on any atom is -0.294 e. The van der Waals surface area contributed by atoms with Crippen molar-refractivity contribution in [3.8, 4) is 0 Å². The number of unbranched alkanes of at least 4 members (excludes halogenated alkanes) is 1. The topological polar surface area (TPSA) is 54.5 Å². The zero-order valence-corrected chi connectivity index (χ0v) is 13.6. The van der Waals surface area contributed by atoms with Crippen molar-refractivity contribution in [3.63, 3.8) is 0 Å². The molecule has 0 saturated carbocycles. The first-order valence-corrected chi connectivity index (χ1v) is 8.13. The van der Waals surface area contributed by atoms with E-state index in [2.05, 4.69) is 0 Å². The molecule has 1 aliphatic heterocycles. The second-order valence-electron chi connectivity index (χ2n) is 6.05. The van der Waals surface area contributed by atoms with E-state index in [1.165, 1.54) is 4.90 Å². The van der Waals surface area contributed by atoms with Crippen LogP contribution in [0.1, 0.15) is 55.9 Å². The van der Waals surface area contributed by atoms with Crippen molar-refractivity contribution in [1.29, 1.82) is 0 Å². The Kier molecular flexibility index (Phi) is 4.56. The molecule has 0 spiro atoms. The molecule has 0 saturated heterocycles. The van der Waals surface area contributed by atoms with Gasteiger partial charge in [-0.1, -0.05) is 42.0 Å². The van der Waals surface area contributed by atoms with Gasteiger partial charge in [0.15, 0.2) is 5.78 Å². The van der Waals surface area contributed by atoms with Crippen LogP contribution in [0.4, 0.5) is 0 Å². The van der Waals surface area contributed by atoms with Crippen LogP contribution in [0.3, 0.4) is 0 Å². The average Bonchev–Trinajstić information content (AvgIpc) is 2.84. The van der Waals surface area contributed by atoms with Gasteiger partial charge < -0.3 is 0 Å². The normalized spacial score (nSPS) is 13.3. The van der Waals surface area contributed by atoms with E-state index in [1.807, 2.05) is 31.2 Å². The van der Waals surface area contributed by atoms with E-state index in [4.69, 9.17) is 0 Å². The third-order valence-corrected chi connectivity index (χ3v) is 4.29. The number of benzene rings is 2. The monoisotopic (exact) mass is 321 g/mol. The highest BCUT2D eigenvalue weighted by molar-refractivity contribution is 6.21. The lowest BCUT2D eigenvalue weighted by Gasteiger charge is -2.13. The number of amides is 2. The average molecular weight is 321 g/mol. The van der Waals surface area contributed by atoms with Gasteiger partial charge in [0.25, 0.3) is 11.8 Å². The third-order valence-electron chi connectivity index (χ3n) is 4.29. The number of aryl methyl sites for hydroxylation is 1. The molecule has 0 bridgehead atoms. The molecule has 4 heteroatoms. The molecule has 0 N–H and O–H groups in total. The van der Waals surface area contributed by atoms with Gasteiger partial charge >= 0.3 is 0 Å². The summed E-state index contributed by atoms with van der Waals surface area (Å²) < 4.78 is 0. The number of nitrogens with zero attached hydrogens (tertiary/aromatic N) is 1. The Balaban J connectivity index is 1.51. The number of rotatable bonds is 6. The van der Waals surface area contributed by atoms with E-state index in [-0.39, 0.29) is 17.6 Å². The quantitative estimate of drug-likeness (QED) is 0.464. The Labute approximate surface area is 141 Å². The van der Waals surface area contributed by atoms with Crippen LogP contribution in [0.15, 0.2) is 48.5 Å². The van der Waals surface area contributed by atoms with Crippen molar-refractivity contribution in [2.75, 3.05) is 6.54 Å². The SMILES string of the molecule is Cc1ccc(C(=O)CCCCN2C(=O)c3ccccc3C2=O)cc1. The summed E-state index contributed by atoms with van der Waals surface area (Å²) in [5.41, 5.74) is 2.77. The molecule has 2 amide bonds. The van der Waals surface area contributed by atoms with Crippen LogP contribution in [-0.4, -0.2) is 29.0 Å². The molecule has 0 unspecified atom stereocenters. The largest absolute Gasteiger partial charge is 0.294 e. The summed E-state index contributed by atoms with van der Waals surface area (Å²) in [4.78, 5) is 37.8. The summed E-state index contributed by atoms with van der Waals surface area (Å²) in [6.07, 6.45) is 1.70. The second kappa shape index (κ2) is 6.79. The van der Waals surface area contributed by atoms with Crippen LogP contribution < -0.4 is 0 Å². The van der Waals surface area contributed by atoms with Crippen molar-refractivity contribution in [1.82, 2.24) is 4.90 Å². The van der Waals surface area contributed by atoms with Crippen LogP contribution in [0.2, 0.25) is 0 Å². The fourth-order valence-corrected chi connectivity index (χ4v) is 2.88. The van der Waals surface area contributed by atoms with Gasteiger partial charge in [0.05, 0.1) is 11.1 Å². The number of carbonyl (C=O) groups excluding carboxylic acids is 3. The summed E-state index contributed by atoms with van der Waals surface area (Å²) in [6, 6.07) is 14.4. The fraction of sp³-hybridized carbons (Fsp3) is 0.250. The van der Waals surface area contributed by atoms with Crippen LogP contribution in [-0.2, 0) is 0 Å². The minimum absolute atomic E-state index is 0.0948. The molecule has 2 aromatic rings. The van der Waals surface area contributed by atoms with Crippen molar-refractivity contribution >= 4 is 17.6 Å². The summed E-state index contributed by atoms with van der Waals surface area (Å²) in [5.74, 6) is -0.377. The molecular weight excluding hydrogens is 302 g/mol. The smallest absolute Gasteiger partial charge is 0.261 e. The van der Waals surface area contributed by atoms with E-state index in [1.54, 1.807) is 24.3 Å². The van der Waals surface area contributed by atoms with Crippen LogP contribution in [0.25, 0.3) is 0 Å². The van der Waals surface area contributed by atoms with Gasteiger partial charge in [-0.05, 0) is 31.9 Å². The number of ketones is 1. The molecular formula is C20H19NO3. The van der Waals surface area contributed by atoms with E-state index in [9.17, 15) is 14.4 Å². The zero-order chi connectivity index (χ0) is 17.1. The molecule has 122 valence electrons. The highest BCUT2D eigenvalue weighted by Gasteiger charge is 2.34. The number of hydrogen-bond acceptors (Lipinski definition) is 3. The van der Waals surface area contributed by atoms with Gasteiger partial charge in [-0.3, -0.25) is 19.3 Å². The molecule has 1 heterocycles. The Morgan fingerprint density at radius 3 is 2.04 bits per heavy atom. The highest BCUT2D eigenvalue weighted by Crippen LogP contribution is 2.22. The molecule has 4 nitrogen and oxygen atoms in total. The first-order chi connectivity index (χ1) is 11.6. The molecule has 0 radical (unpaired) electrons. The Bertz CT molecular complexity index is 758. The maximum atomic E-state index is 12.2. The minimum atomic E-state index is -0.236. The van der Waals surface area contributed by atoms with E-state index in [0.29, 0.717) is 42.5 Å². The summed E-state index contributed by atoms with van der Waals surface area (Å²) in [6.45, 7) is 2.34. The maximum Gasteiger partial charge on any atom is 0.261 e. The van der Waals surface area contributed by atoms with Gasteiger partial charge in [0.1, 0.15) is 0 Å². The second-order valence-corrected chi connectivity index (χ2v) is 6.05. The van der Waals surface area contributed by atoms with Gasteiger partial charge in [-0.2, -0.15) is 0 Å². The molecule has 24 heavy (non-hydrogen) atoms. The lowest BCUT2D eigenvalue weighted by molar-refractivity contribution is 0.0652. The van der Waals surface area contributed by atoms with Gasteiger partial charge in [0, 0.05) is 18.5 Å². The zero-order valence-electron chi connectivity index (χ0n) is 13.6. The lowest BCUT2D eigenvalue weighted by atomic mass is 10.0. The number of Topliss-reactive ketones (excluding diaryl/α,β-unsaturated/α-hetero) is 1. The summed E-state index contributed by atoms with van der Waals surface area (Å²) in [7, 11) is 0. The van der Waals surface area contributed by atoms with Gasteiger partial charge in [-0.15, -0.1) is 0 Å². The van der Waals surface area contributed by atoms with Crippen LogP contribution >= 0.6 is 0 Å². The number of hydrogen-bond donors (Lipinski definition) is 0. The van der Waals surface area contributed by atoms with E-state index in [0.717, 1.165) is 5.56 Å². The van der Waals surface area contributed by atoms with Crippen molar-refractivity contribution in [2.24, 2.45) is 0 Å². The maximum absolute atomic E-state index is 12.2. The first-order valence-electron chi connectivity index (χ1n) is 8.13. The fourth-order valence-electron chi connectivity index (χ4n) is 2.88. The first kappa shape index (κ1) is 16.1. The Hall–Kier alpha value is -2.75. The van der Waals surface area contributed by atoms with Gasteiger partial charge in [0.2, 0.25) is 0 Å². The van der Waals surface area contributed by atoms with E-state index >= 15 is 0 Å². The van der Waals surface area contributed by atoms with Crippen molar-refractivity contribution in [2.45, 2.75) is 26.2 Å². The third kappa shape index (κ3) is 3.13. The van der Waals surface area contributed by atoms with Crippen molar-refractivity contribution < 1.29 is 14.4 Å². The number of fused-ring (bicyclic) bond motifs is 1. The molecule has 0 atom stereocenters. The predicted octanol–water partition coefficient (Wildman–Crippen LogP) is 3.64. The lowest BCUT2D eigenvalue weighted by Crippen LogP contribution is -2.30. The Morgan fingerprint density at radius 2 is 1.46 bits per heavy atom. The standard InChI is InChI=1S/C20H19NO3/c1-14-9-11-15(12-10-14)18(22)8-4-5-13-21-19(23)16-6-2-3-7-17(16)20(21)24/h2-3,6-7,9-12H,4-5,8,13H2,1H3. The van der Waals surface area contributed by atoms with Crippen LogP contribution in [0, 0.1) is 6.92 Å². The van der Waals surface area contributed by atoms with Crippen LogP contribution in [0.5, 0.6) is 0 Å². The number of imide groups is 1.